The summed E-state index contributed by atoms with van der Waals surface area (Å²) in [4.78, 5) is 22.4. The van der Waals surface area contributed by atoms with E-state index in [9.17, 15) is 13.6 Å². The van der Waals surface area contributed by atoms with Gasteiger partial charge in [0.1, 0.15) is 0 Å². The molecule has 0 unspecified atom stereocenters. The van der Waals surface area contributed by atoms with Crippen molar-refractivity contribution in [3.8, 4) is 11.3 Å². The lowest BCUT2D eigenvalue weighted by Crippen LogP contribution is -2.23. The van der Waals surface area contributed by atoms with Gasteiger partial charge in [-0.25, -0.2) is 13.8 Å². The van der Waals surface area contributed by atoms with Crippen LogP contribution in [0, 0.1) is 0 Å². The number of carbonyl (C=O) groups is 1. The highest BCUT2D eigenvalue weighted by Crippen LogP contribution is 2.37. The number of thiazole rings is 1. The van der Waals surface area contributed by atoms with Crippen molar-refractivity contribution in [1.29, 1.82) is 0 Å². The van der Waals surface area contributed by atoms with Gasteiger partial charge in [0.05, 0.1) is 11.4 Å². The molecule has 0 aliphatic heterocycles. The minimum atomic E-state index is -2.87. The molecule has 1 amide bonds. The Morgan fingerprint density at radius 1 is 1.10 bits per heavy atom. The van der Waals surface area contributed by atoms with Crippen LogP contribution in [0.4, 0.5) is 19.6 Å². The van der Waals surface area contributed by atoms with E-state index in [4.69, 9.17) is 0 Å². The summed E-state index contributed by atoms with van der Waals surface area (Å²) in [7, 11) is 0. The first-order chi connectivity index (χ1) is 14.9. The van der Waals surface area contributed by atoms with Crippen molar-refractivity contribution in [1.82, 2.24) is 9.97 Å². The lowest BCUT2D eigenvalue weighted by molar-refractivity contribution is -0.115. The summed E-state index contributed by atoms with van der Waals surface area (Å²) in [6, 6.07) is 9.66. The Hall–Kier alpha value is -2.67. The number of unbranched alkanes of at least 4 members (excludes halogenated alkanes) is 4. The lowest BCUT2D eigenvalue weighted by atomic mass is 10.0. The fourth-order valence-corrected chi connectivity index (χ4v) is 4.29. The number of hydrogen-bond donors (Lipinski definition) is 0. The molecule has 0 radical (unpaired) electrons. The molecule has 0 N–H and O–H groups in total. The van der Waals surface area contributed by atoms with E-state index >= 15 is 0 Å². The third-order valence-electron chi connectivity index (χ3n) is 5.10. The summed E-state index contributed by atoms with van der Waals surface area (Å²) in [5.74, 6) is -3.11. The molecule has 0 saturated heterocycles. The monoisotopic (exact) mass is 443 g/mol. The zero-order chi connectivity index (χ0) is 22.3. The van der Waals surface area contributed by atoms with Gasteiger partial charge in [0.15, 0.2) is 5.13 Å². The van der Waals surface area contributed by atoms with Crippen LogP contribution in [0.15, 0.2) is 54.2 Å². The first-order valence-corrected chi connectivity index (χ1v) is 11.5. The third-order valence-corrected chi connectivity index (χ3v) is 5.92. The molecule has 0 bridgehead atoms. The highest BCUT2D eigenvalue weighted by atomic mass is 32.1. The second-order valence-corrected chi connectivity index (χ2v) is 8.36. The van der Waals surface area contributed by atoms with Crippen LogP contribution in [0.3, 0.4) is 0 Å². The van der Waals surface area contributed by atoms with Crippen LogP contribution in [-0.2, 0) is 10.7 Å². The number of aromatic nitrogens is 2. The van der Waals surface area contributed by atoms with Gasteiger partial charge in [-0.2, -0.15) is 0 Å². The molecule has 0 atom stereocenters. The van der Waals surface area contributed by atoms with Crippen molar-refractivity contribution in [2.75, 3.05) is 4.90 Å². The molecule has 0 aliphatic carbocycles. The van der Waals surface area contributed by atoms with Gasteiger partial charge in [0, 0.05) is 42.2 Å². The first-order valence-electron chi connectivity index (χ1n) is 10.6. The number of hydrogen-bond acceptors (Lipinski definition) is 4. The summed E-state index contributed by atoms with van der Waals surface area (Å²) in [6.07, 6.45) is 7.72. The minimum absolute atomic E-state index is 0.0227. The van der Waals surface area contributed by atoms with Gasteiger partial charge in [0.25, 0.3) is 5.92 Å². The standard InChI is InChI=1S/C24H27F2N3OS/c1-3-4-5-6-7-14-24(25,26)20-10-12-21(13-11-20)29(18(2)30)23-28-22(17-31-23)19-9-8-15-27-16-19/h8-13,15-17H,3-7,14H2,1-2H3. The maximum absolute atomic E-state index is 14.6. The van der Waals surface area contributed by atoms with Gasteiger partial charge in [-0.3, -0.25) is 14.7 Å². The van der Waals surface area contributed by atoms with Gasteiger partial charge >= 0.3 is 0 Å². The summed E-state index contributed by atoms with van der Waals surface area (Å²) >= 11 is 1.32. The van der Waals surface area contributed by atoms with Crippen LogP contribution >= 0.6 is 11.3 Å². The Bertz CT molecular complexity index is 974. The van der Waals surface area contributed by atoms with Crippen LogP contribution in [0.5, 0.6) is 0 Å². The number of amides is 1. The van der Waals surface area contributed by atoms with Crippen LogP contribution in [-0.4, -0.2) is 15.9 Å². The molecule has 0 spiro atoms. The highest BCUT2D eigenvalue weighted by molar-refractivity contribution is 7.14. The molecule has 3 rings (SSSR count). The molecule has 2 aromatic heterocycles. The quantitative estimate of drug-likeness (QED) is 0.308. The van der Waals surface area contributed by atoms with Gasteiger partial charge in [-0.05, 0) is 30.7 Å². The summed E-state index contributed by atoms with van der Waals surface area (Å²) in [5.41, 5.74) is 2.06. The number of halogens is 2. The number of rotatable bonds is 10. The van der Waals surface area contributed by atoms with Crippen LogP contribution in [0.2, 0.25) is 0 Å². The Kier molecular flexibility index (Phi) is 7.85. The first kappa shape index (κ1) is 23.0. The zero-order valence-corrected chi connectivity index (χ0v) is 18.7. The SMILES string of the molecule is CCCCCCCC(F)(F)c1ccc(N(C(C)=O)c2nc(-c3cccnc3)cs2)cc1. The summed E-state index contributed by atoms with van der Waals surface area (Å²) in [5, 5.41) is 2.34. The van der Waals surface area contributed by atoms with Crippen molar-refractivity contribution in [3.63, 3.8) is 0 Å². The molecule has 3 aromatic rings. The topological polar surface area (TPSA) is 46.1 Å². The van der Waals surface area contributed by atoms with E-state index < -0.39 is 5.92 Å². The van der Waals surface area contributed by atoms with Crippen molar-refractivity contribution in [2.24, 2.45) is 0 Å². The second-order valence-electron chi connectivity index (χ2n) is 7.53. The number of carbonyl (C=O) groups excluding carboxylic acids is 1. The molecule has 0 aliphatic rings. The van der Waals surface area contributed by atoms with E-state index in [2.05, 4.69) is 16.9 Å². The molecule has 0 fully saturated rings. The number of alkyl halides is 2. The molecule has 0 saturated carbocycles. The molecule has 164 valence electrons. The number of nitrogens with zero attached hydrogens (tertiary/aromatic N) is 3. The average Bonchev–Trinajstić information content (AvgIpc) is 3.24. The average molecular weight is 444 g/mol. The predicted octanol–water partition coefficient (Wildman–Crippen LogP) is 7.34. The van der Waals surface area contributed by atoms with Crippen LogP contribution in [0.1, 0.15) is 57.9 Å². The van der Waals surface area contributed by atoms with E-state index in [1.807, 2.05) is 17.5 Å². The van der Waals surface area contributed by atoms with Crippen LogP contribution in [0.25, 0.3) is 11.3 Å². The van der Waals surface area contributed by atoms with Crippen molar-refractivity contribution < 1.29 is 13.6 Å². The number of anilines is 2. The lowest BCUT2D eigenvalue weighted by Gasteiger charge is -2.20. The van der Waals surface area contributed by atoms with Gasteiger partial charge in [-0.15, -0.1) is 11.3 Å². The van der Waals surface area contributed by atoms with Crippen molar-refractivity contribution in [3.05, 3.63) is 59.7 Å². The normalized spacial score (nSPS) is 11.5. The number of benzene rings is 1. The van der Waals surface area contributed by atoms with Crippen molar-refractivity contribution in [2.45, 2.75) is 58.3 Å². The molecular formula is C24H27F2N3OS. The number of pyridine rings is 1. The summed E-state index contributed by atoms with van der Waals surface area (Å²) < 4.78 is 29.1. The predicted molar refractivity (Wildman–Crippen MR) is 122 cm³/mol. The molecule has 7 heteroatoms. The Labute approximate surface area is 186 Å². The van der Waals surface area contributed by atoms with E-state index in [-0.39, 0.29) is 17.9 Å². The van der Waals surface area contributed by atoms with E-state index in [0.29, 0.717) is 22.9 Å². The van der Waals surface area contributed by atoms with Gasteiger partial charge in [0.2, 0.25) is 5.91 Å². The maximum Gasteiger partial charge on any atom is 0.273 e. The van der Waals surface area contributed by atoms with E-state index in [0.717, 1.165) is 31.2 Å². The molecule has 2 heterocycles. The largest absolute Gasteiger partial charge is 0.274 e. The molecular weight excluding hydrogens is 416 g/mol. The Morgan fingerprint density at radius 3 is 2.48 bits per heavy atom. The Morgan fingerprint density at radius 2 is 1.84 bits per heavy atom. The fourth-order valence-electron chi connectivity index (χ4n) is 3.39. The third kappa shape index (κ3) is 5.94. The van der Waals surface area contributed by atoms with Crippen molar-refractivity contribution >= 4 is 28.1 Å². The Balaban J connectivity index is 1.74. The molecule has 4 nitrogen and oxygen atoms in total. The van der Waals surface area contributed by atoms with Gasteiger partial charge in [-0.1, -0.05) is 44.7 Å². The van der Waals surface area contributed by atoms with Crippen LogP contribution < -0.4 is 4.90 Å². The molecule has 1 aromatic carbocycles. The zero-order valence-electron chi connectivity index (χ0n) is 17.9. The van der Waals surface area contributed by atoms with Gasteiger partial charge < -0.3 is 0 Å². The fraction of sp³-hybridized carbons (Fsp3) is 0.375. The molecule has 31 heavy (non-hydrogen) atoms. The van der Waals surface area contributed by atoms with E-state index in [1.54, 1.807) is 24.5 Å². The highest BCUT2D eigenvalue weighted by Gasteiger charge is 2.31. The minimum Gasteiger partial charge on any atom is -0.274 e. The summed E-state index contributed by atoms with van der Waals surface area (Å²) in [6.45, 7) is 3.54. The smallest absolute Gasteiger partial charge is 0.273 e. The van der Waals surface area contributed by atoms with E-state index in [1.165, 1.54) is 35.3 Å². The maximum atomic E-state index is 14.6. The second kappa shape index (κ2) is 10.6.